The van der Waals surface area contributed by atoms with E-state index in [0.717, 1.165) is 32.3 Å². The monoisotopic (exact) mass is 410 g/mol. The maximum absolute atomic E-state index is 6.37. The molecular formula is C23H46O2Si2. The highest BCUT2D eigenvalue weighted by Gasteiger charge is 2.37. The summed E-state index contributed by atoms with van der Waals surface area (Å²) in [6.07, 6.45) is 9.41. The van der Waals surface area contributed by atoms with Crippen LogP contribution in [0.2, 0.25) is 43.8 Å². The maximum Gasteiger partial charge on any atom is 0.191 e. The summed E-state index contributed by atoms with van der Waals surface area (Å²) in [5.41, 5.74) is 1.44. The van der Waals surface area contributed by atoms with Crippen LogP contribution >= 0.6 is 0 Å². The van der Waals surface area contributed by atoms with Crippen LogP contribution in [0.25, 0.3) is 0 Å². The minimum Gasteiger partial charge on any atom is -0.417 e. The topological polar surface area (TPSA) is 18.5 Å². The largest absolute Gasteiger partial charge is 0.417 e. The van der Waals surface area contributed by atoms with Crippen molar-refractivity contribution in [3.05, 3.63) is 24.3 Å². The minimum atomic E-state index is -1.66. The quantitative estimate of drug-likeness (QED) is 0.275. The predicted molar refractivity (Wildman–Crippen MR) is 126 cm³/mol. The molecule has 1 rings (SSSR count). The zero-order valence-corrected chi connectivity index (χ0v) is 21.7. The van der Waals surface area contributed by atoms with Crippen molar-refractivity contribution in [2.45, 2.75) is 109 Å². The van der Waals surface area contributed by atoms with Crippen LogP contribution in [0.1, 0.15) is 53.4 Å². The summed E-state index contributed by atoms with van der Waals surface area (Å²) in [5.74, 6) is 0.648. The number of rotatable bonds is 10. The highest BCUT2D eigenvalue weighted by Crippen LogP contribution is 2.36. The van der Waals surface area contributed by atoms with Crippen LogP contribution in [0.15, 0.2) is 24.3 Å². The van der Waals surface area contributed by atoms with Crippen molar-refractivity contribution in [2.24, 2.45) is 5.92 Å². The van der Waals surface area contributed by atoms with Gasteiger partial charge < -0.3 is 9.16 Å². The Bertz CT molecular complexity index is 497. The van der Waals surface area contributed by atoms with Gasteiger partial charge in [0, 0.05) is 14.7 Å². The summed E-state index contributed by atoms with van der Waals surface area (Å²) in [4.78, 5) is 0. The third-order valence-electron chi connectivity index (χ3n) is 5.87. The zero-order chi connectivity index (χ0) is 20.9. The fourth-order valence-corrected chi connectivity index (χ4v) is 6.25. The molecule has 0 N–H and O–H groups in total. The molecule has 1 aliphatic rings. The van der Waals surface area contributed by atoms with Crippen molar-refractivity contribution >= 4 is 16.4 Å². The molecule has 0 aromatic rings. The van der Waals surface area contributed by atoms with Gasteiger partial charge in [0.15, 0.2) is 8.32 Å². The van der Waals surface area contributed by atoms with E-state index in [1.165, 1.54) is 11.6 Å². The van der Waals surface area contributed by atoms with Gasteiger partial charge in [0.1, 0.15) is 0 Å². The fourth-order valence-electron chi connectivity index (χ4n) is 3.54. The van der Waals surface area contributed by atoms with Crippen molar-refractivity contribution in [3.8, 4) is 0 Å². The molecule has 0 aromatic heterocycles. The first-order chi connectivity index (χ1) is 12.2. The molecule has 0 amide bonds. The Hall–Kier alpha value is -0.166. The normalized spacial score (nSPS) is 22.7. The molecular weight excluding hydrogens is 364 g/mol. The van der Waals surface area contributed by atoms with Gasteiger partial charge in [0.2, 0.25) is 0 Å². The second-order valence-corrected chi connectivity index (χ2v) is 21.7. The van der Waals surface area contributed by atoms with Crippen LogP contribution in [-0.4, -0.2) is 35.2 Å². The smallest absolute Gasteiger partial charge is 0.191 e. The first-order valence-corrected chi connectivity index (χ1v) is 17.4. The van der Waals surface area contributed by atoms with Gasteiger partial charge in [0.25, 0.3) is 0 Å². The van der Waals surface area contributed by atoms with Gasteiger partial charge in [-0.15, -0.1) is 6.58 Å². The Morgan fingerprint density at radius 3 is 2.41 bits per heavy atom. The number of hydrogen-bond donors (Lipinski definition) is 0. The molecule has 1 heterocycles. The number of allylic oxidation sites excluding steroid dienone is 1. The third-order valence-corrected chi connectivity index (χ3v) is 12.0. The standard InChI is InChI=1S/C23H46O2Si2/c1-19(16-20(2)18-26(6,7)8)17-22-13-11-12-21(25-22)14-15-24-27(9,10)23(3,4)5/h11-12,19,21-22H,2,13-18H2,1,3-10H3/t19-,21-,22-/m0/s1. The Balaban J connectivity index is 2.39. The van der Waals surface area contributed by atoms with Gasteiger partial charge in [-0.1, -0.05) is 65.1 Å². The molecule has 27 heavy (non-hydrogen) atoms. The lowest BCUT2D eigenvalue weighted by atomic mass is 9.94. The lowest BCUT2D eigenvalue weighted by Gasteiger charge is -2.36. The molecule has 0 radical (unpaired) electrons. The van der Waals surface area contributed by atoms with E-state index in [2.05, 4.69) is 79.2 Å². The first kappa shape index (κ1) is 24.9. The van der Waals surface area contributed by atoms with E-state index in [4.69, 9.17) is 9.16 Å². The van der Waals surface area contributed by atoms with E-state index in [0.29, 0.717) is 12.0 Å². The van der Waals surface area contributed by atoms with Crippen molar-refractivity contribution in [3.63, 3.8) is 0 Å². The summed E-state index contributed by atoms with van der Waals surface area (Å²) >= 11 is 0. The van der Waals surface area contributed by atoms with E-state index in [9.17, 15) is 0 Å². The molecule has 1 aliphatic heterocycles. The van der Waals surface area contributed by atoms with Gasteiger partial charge in [0.05, 0.1) is 12.2 Å². The van der Waals surface area contributed by atoms with Gasteiger partial charge in [-0.25, -0.2) is 0 Å². The zero-order valence-electron chi connectivity index (χ0n) is 19.7. The van der Waals surface area contributed by atoms with Crippen LogP contribution in [0.3, 0.4) is 0 Å². The van der Waals surface area contributed by atoms with Crippen LogP contribution in [-0.2, 0) is 9.16 Å². The SMILES string of the molecule is C=C(C[C@H](C)C[C@@H]1CC=C[C@@H](CCO[Si](C)(C)C(C)(C)C)O1)C[Si](C)(C)C. The van der Waals surface area contributed by atoms with Crippen LogP contribution in [0.5, 0.6) is 0 Å². The third kappa shape index (κ3) is 9.73. The van der Waals surface area contributed by atoms with Gasteiger partial charge >= 0.3 is 0 Å². The van der Waals surface area contributed by atoms with Crippen molar-refractivity contribution in [1.82, 2.24) is 0 Å². The van der Waals surface area contributed by atoms with Gasteiger partial charge in [-0.3, -0.25) is 0 Å². The summed E-state index contributed by atoms with van der Waals surface area (Å²) in [6.45, 7) is 26.3. The summed E-state index contributed by atoms with van der Waals surface area (Å²) < 4.78 is 12.7. The number of hydrogen-bond acceptors (Lipinski definition) is 2. The van der Waals surface area contributed by atoms with Crippen LogP contribution < -0.4 is 0 Å². The molecule has 0 aliphatic carbocycles. The second-order valence-electron chi connectivity index (χ2n) is 11.4. The van der Waals surface area contributed by atoms with E-state index in [-0.39, 0.29) is 11.1 Å². The molecule has 0 aromatic carbocycles. The summed E-state index contributed by atoms with van der Waals surface area (Å²) in [5, 5.41) is 0.270. The highest BCUT2D eigenvalue weighted by molar-refractivity contribution is 6.76. The molecule has 158 valence electrons. The van der Waals surface area contributed by atoms with Crippen molar-refractivity contribution < 1.29 is 9.16 Å². The maximum atomic E-state index is 6.37. The molecule has 4 heteroatoms. The van der Waals surface area contributed by atoms with E-state index < -0.39 is 16.4 Å². The molecule has 0 saturated heterocycles. The lowest BCUT2D eigenvalue weighted by molar-refractivity contribution is -0.0147. The molecule has 2 nitrogen and oxygen atoms in total. The van der Waals surface area contributed by atoms with Crippen LogP contribution in [0.4, 0.5) is 0 Å². The molecule has 0 spiro atoms. The lowest BCUT2D eigenvalue weighted by Crippen LogP contribution is -2.41. The van der Waals surface area contributed by atoms with E-state index in [1.54, 1.807) is 0 Å². The predicted octanol–water partition coefficient (Wildman–Crippen LogP) is 7.42. The Kier molecular flexibility index (Phi) is 9.25. The van der Waals surface area contributed by atoms with E-state index >= 15 is 0 Å². The van der Waals surface area contributed by atoms with Crippen molar-refractivity contribution in [2.75, 3.05) is 6.61 Å². The molecule has 0 unspecified atom stereocenters. The minimum absolute atomic E-state index is 0.214. The first-order valence-electron chi connectivity index (χ1n) is 10.8. The molecule has 0 fully saturated rings. The van der Waals surface area contributed by atoms with Crippen molar-refractivity contribution in [1.29, 1.82) is 0 Å². The average Bonchev–Trinajstić information content (AvgIpc) is 2.43. The van der Waals surface area contributed by atoms with Gasteiger partial charge in [-0.05, 0) is 55.8 Å². The Labute approximate surface area is 171 Å². The average molecular weight is 411 g/mol. The molecule has 0 saturated carbocycles. The second kappa shape index (κ2) is 10.0. The summed E-state index contributed by atoms with van der Waals surface area (Å²) in [7, 11) is -2.70. The Morgan fingerprint density at radius 1 is 1.22 bits per heavy atom. The molecule has 0 bridgehead atoms. The number of ether oxygens (including phenoxy) is 1. The fraction of sp³-hybridized carbons (Fsp3) is 0.826. The summed E-state index contributed by atoms with van der Waals surface area (Å²) in [6, 6.07) is 1.25. The van der Waals surface area contributed by atoms with Crippen LogP contribution in [0, 0.1) is 5.92 Å². The highest BCUT2D eigenvalue weighted by atomic mass is 28.4. The molecule has 3 atom stereocenters. The Morgan fingerprint density at radius 2 is 1.85 bits per heavy atom. The van der Waals surface area contributed by atoms with Gasteiger partial charge in [-0.2, -0.15) is 0 Å². The van der Waals surface area contributed by atoms with E-state index in [1.807, 2.05) is 0 Å².